The number of aromatic hydroxyl groups is 1. The molecule has 0 aromatic heterocycles. The first-order valence-electron chi connectivity index (χ1n) is 6.98. The molecule has 2 heterocycles. The number of phenols is 1. The van der Waals surface area contributed by atoms with Crippen LogP contribution in [0, 0.1) is 0 Å². The zero-order chi connectivity index (χ0) is 15.5. The second-order valence-corrected chi connectivity index (χ2v) is 5.92. The van der Waals surface area contributed by atoms with Gasteiger partial charge in [-0.15, -0.1) is 0 Å². The van der Waals surface area contributed by atoms with Gasteiger partial charge < -0.3 is 20.3 Å². The number of hydrogen-bond acceptors (Lipinski definition) is 5. The van der Waals surface area contributed by atoms with E-state index >= 15 is 0 Å². The predicted octanol–water partition coefficient (Wildman–Crippen LogP) is 1.24. The average molecular weight is 320 g/mol. The van der Waals surface area contributed by atoms with Gasteiger partial charge in [-0.05, 0) is 23.2 Å². The van der Waals surface area contributed by atoms with E-state index in [1.807, 2.05) is 6.08 Å². The summed E-state index contributed by atoms with van der Waals surface area (Å²) in [5.41, 5.74) is 6.69. The van der Waals surface area contributed by atoms with Gasteiger partial charge in [0, 0.05) is 23.4 Å². The minimum absolute atomic E-state index is 0.153. The van der Waals surface area contributed by atoms with Crippen LogP contribution in [0.25, 0.3) is 6.08 Å². The topological polar surface area (TPSA) is 80.1 Å². The molecule has 0 saturated carbocycles. The highest BCUT2D eigenvalue weighted by atomic mass is 32.2. The van der Waals surface area contributed by atoms with Crippen molar-refractivity contribution < 1.29 is 19.2 Å². The van der Waals surface area contributed by atoms with Gasteiger partial charge in [-0.1, -0.05) is 0 Å². The second-order valence-electron chi connectivity index (χ2n) is 4.91. The Labute approximate surface area is 132 Å². The highest BCUT2D eigenvalue weighted by Crippen LogP contribution is 2.31. The van der Waals surface area contributed by atoms with Crippen molar-refractivity contribution in [3.63, 3.8) is 0 Å². The number of ether oxygens (including phenoxy) is 2. The fourth-order valence-corrected chi connectivity index (χ4v) is 3.23. The summed E-state index contributed by atoms with van der Waals surface area (Å²) in [6, 6.07) is 5.17. The maximum Gasteiger partial charge on any atom is 0.362 e. The largest absolute Gasteiger partial charge is 0.507 e. The predicted molar refractivity (Wildman–Crippen MR) is 87.7 cm³/mol. The average Bonchev–Trinajstić information content (AvgIpc) is 2.91. The number of aliphatic imine (C=N–C) groups is 1. The molecule has 2 aliphatic heterocycles. The molecule has 0 aliphatic carbocycles. The van der Waals surface area contributed by atoms with E-state index in [0.717, 1.165) is 23.2 Å². The maximum atomic E-state index is 10.0. The molecular weight excluding hydrogens is 302 g/mol. The normalized spacial score (nSPS) is 20.4. The Balaban J connectivity index is 1.86. The Morgan fingerprint density at radius 1 is 1.41 bits per heavy atom. The summed E-state index contributed by atoms with van der Waals surface area (Å²) < 4.78 is 12.6. The number of hydrogen-bond donors (Lipinski definition) is 2. The van der Waals surface area contributed by atoms with E-state index < -0.39 is 0 Å². The van der Waals surface area contributed by atoms with Crippen molar-refractivity contribution in [1.29, 1.82) is 0 Å². The number of amidine groups is 2. The van der Waals surface area contributed by atoms with Crippen molar-refractivity contribution in [1.82, 2.24) is 0 Å². The van der Waals surface area contributed by atoms with Crippen LogP contribution in [0.4, 0.5) is 0 Å². The fraction of sp³-hybridized carbons (Fsp3) is 0.333. The zero-order valence-electron chi connectivity index (χ0n) is 12.3. The van der Waals surface area contributed by atoms with Gasteiger partial charge in [0.15, 0.2) is 0 Å². The molecule has 0 amide bonds. The van der Waals surface area contributed by atoms with Crippen LogP contribution in [0.1, 0.15) is 5.56 Å². The first-order valence-corrected chi connectivity index (χ1v) is 7.80. The number of nitrogens with zero attached hydrogens (tertiary/aromatic N) is 2. The van der Waals surface area contributed by atoms with E-state index in [4.69, 9.17) is 15.2 Å². The van der Waals surface area contributed by atoms with Crippen molar-refractivity contribution in [3.8, 4) is 11.5 Å². The molecular formula is C15H18N3O3S+. The minimum atomic E-state index is 0.153. The van der Waals surface area contributed by atoms with E-state index in [1.54, 1.807) is 25.3 Å². The molecule has 3 rings (SSSR count). The molecule has 2 aliphatic rings. The van der Waals surface area contributed by atoms with Crippen LogP contribution < -0.4 is 10.5 Å². The van der Waals surface area contributed by atoms with Crippen molar-refractivity contribution in [3.05, 3.63) is 28.7 Å². The fourth-order valence-electron chi connectivity index (χ4n) is 2.24. The lowest BCUT2D eigenvalue weighted by Gasteiger charge is -2.13. The molecule has 1 saturated heterocycles. The smallest absolute Gasteiger partial charge is 0.362 e. The first kappa shape index (κ1) is 14.9. The highest BCUT2D eigenvalue weighted by Gasteiger charge is 2.30. The highest BCUT2D eigenvalue weighted by molar-refractivity contribution is 8.18. The van der Waals surface area contributed by atoms with Crippen molar-refractivity contribution in [2.24, 2.45) is 10.7 Å². The summed E-state index contributed by atoms with van der Waals surface area (Å²) in [5.74, 6) is 1.24. The van der Waals surface area contributed by atoms with Gasteiger partial charge in [-0.2, -0.15) is 0 Å². The number of benzene rings is 1. The third kappa shape index (κ3) is 3.10. The number of thioether (sulfide) groups is 1. The number of nitrogens with two attached hydrogens (primary N) is 1. The number of rotatable bonds is 2. The first-order chi connectivity index (χ1) is 10.7. The van der Waals surface area contributed by atoms with Gasteiger partial charge >= 0.3 is 5.17 Å². The van der Waals surface area contributed by atoms with Crippen molar-refractivity contribution >= 4 is 28.8 Å². The third-order valence-corrected chi connectivity index (χ3v) is 4.55. The molecule has 1 fully saturated rings. The standard InChI is InChI=1S/C15H17N3O3S/c1-20-11-3-2-10(12(19)9-11)8-13-14(16)17-15(22-13)18-4-6-21-7-5-18/h2-3,8-9H,4-7H2,1H3,(H2,16,19)/p+1. The van der Waals surface area contributed by atoms with Gasteiger partial charge in [0.1, 0.15) is 24.6 Å². The summed E-state index contributed by atoms with van der Waals surface area (Å²) in [6.45, 7) is 3.05. The van der Waals surface area contributed by atoms with Crippen LogP contribution in [-0.2, 0) is 4.74 Å². The molecule has 116 valence electrons. The Kier molecular flexibility index (Phi) is 4.35. The summed E-state index contributed by atoms with van der Waals surface area (Å²) in [5, 5.41) is 10.9. The quantitative estimate of drug-likeness (QED) is 0.802. The summed E-state index contributed by atoms with van der Waals surface area (Å²) in [6.07, 6.45) is 1.84. The minimum Gasteiger partial charge on any atom is -0.507 e. The summed E-state index contributed by atoms with van der Waals surface area (Å²) in [4.78, 5) is 5.26. The van der Waals surface area contributed by atoms with Gasteiger partial charge in [-0.3, -0.25) is 0 Å². The molecule has 0 spiro atoms. The van der Waals surface area contributed by atoms with Gasteiger partial charge in [0.2, 0.25) is 0 Å². The lowest BCUT2D eigenvalue weighted by Crippen LogP contribution is -2.31. The van der Waals surface area contributed by atoms with E-state index in [2.05, 4.69) is 9.57 Å². The van der Waals surface area contributed by atoms with E-state index in [0.29, 0.717) is 30.4 Å². The van der Waals surface area contributed by atoms with Crippen LogP contribution in [-0.4, -0.2) is 54.1 Å². The molecule has 6 nitrogen and oxygen atoms in total. The Morgan fingerprint density at radius 3 is 2.86 bits per heavy atom. The van der Waals surface area contributed by atoms with Gasteiger partial charge in [0.25, 0.3) is 5.84 Å². The van der Waals surface area contributed by atoms with E-state index in [-0.39, 0.29) is 5.75 Å². The van der Waals surface area contributed by atoms with E-state index in [9.17, 15) is 5.11 Å². The van der Waals surface area contributed by atoms with Crippen molar-refractivity contribution in [2.75, 3.05) is 33.4 Å². The third-order valence-electron chi connectivity index (χ3n) is 3.48. The van der Waals surface area contributed by atoms with Crippen molar-refractivity contribution in [2.45, 2.75) is 0 Å². The zero-order valence-corrected chi connectivity index (χ0v) is 13.1. The Hall–Kier alpha value is -1.99. The van der Waals surface area contributed by atoms with Gasteiger partial charge in [-0.25, -0.2) is 4.58 Å². The SMILES string of the molecule is COc1ccc(C=C2SC(=[N+]3CCOCC3)N=C2N)c(O)c1. The lowest BCUT2D eigenvalue weighted by atomic mass is 10.1. The Morgan fingerprint density at radius 2 is 2.18 bits per heavy atom. The van der Waals surface area contributed by atoms with Crippen LogP contribution in [0.3, 0.4) is 0 Å². The molecule has 1 aromatic carbocycles. The second kappa shape index (κ2) is 6.41. The monoisotopic (exact) mass is 320 g/mol. The van der Waals surface area contributed by atoms with Crippen LogP contribution in [0.15, 0.2) is 28.1 Å². The molecule has 0 bridgehead atoms. The molecule has 0 radical (unpaired) electrons. The number of morpholine rings is 1. The molecule has 3 N–H and O–H groups in total. The van der Waals surface area contributed by atoms with Crippen LogP contribution >= 0.6 is 11.8 Å². The Bertz CT molecular complexity index is 675. The molecule has 0 atom stereocenters. The molecule has 1 aromatic rings. The molecule has 22 heavy (non-hydrogen) atoms. The lowest BCUT2D eigenvalue weighted by molar-refractivity contribution is -0.547. The van der Waals surface area contributed by atoms with E-state index in [1.165, 1.54) is 11.8 Å². The van der Waals surface area contributed by atoms with Crippen LogP contribution in [0.2, 0.25) is 0 Å². The summed E-state index contributed by atoms with van der Waals surface area (Å²) >= 11 is 1.52. The number of phenolic OH excluding ortho intramolecular Hbond substituents is 1. The van der Waals surface area contributed by atoms with Gasteiger partial charge in [0.05, 0.1) is 25.2 Å². The molecule has 7 heteroatoms. The molecule has 0 unspecified atom stereocenters. The maximum absolute atomic E-state index is 10.0. The van der Waals surface area contributed by atoms with Crippen LogP contribution in [0.5, 0.6) is 11.5 Å². The number of methoxy groups -OCH3 is 1. The summed E-state index contributed by atoms with van der Waals surface area (Å²) in [7, 11) is 1.56.